The van der Waals surface area contributed by atoms with Gasteiger partial charge in [-0.1, -0.05) is 13.8 Å². The molecule has 2 saturated heterocycles. The zero-order chi connectivity index (χ0) is 24.4. The first-order valence-electron chi connectivity index (χ1n) is 12.1. The van der Waals surface area contributed by atoms with Crippen LogP contribution in [-0.4, -0.2) is 108 Å². The lowest BCUT2D eigenvalue weighted by Gasteiger charge is -2.34. The molecule has 2 heterocycles. The fourth-order valence-corrected chi connectivity index (χ4v) is 3.96. The molecule has 0 saturated carbocycles. The van der Waals surface area contributed by atoms with Crippen LogP contribution in [0.3, 0.4) is 0 Å². The molecular formula is C23H41N3O7. The first-order valence-corrected chi connectivity index (χ1v) is 12.1. The molecule has 2 rings (SSSR count). The van der Waals surface area contributed by atoms with E-state index in [1.807, 2.05) is 0 Å². The fourth-order valence-electron chi connectivity index (χ4n) is 3.96. The van der Waals surface area contributed by atoms with Crippen LogP contribution >= 0.6 is 0 Å². The minimum atomic E-state index is -1.21. The highest BCUT2D eigenvalue weighted by molar-refractivity contribution is 5.90. The van der Waals surface area contributed by atoms with E-state index >= 15 is 0 Å². The highest BCUT2D eigenvalue weighted by Crippen LogP contribution is 2.14. The first-order chi connectivity index (χ1) is 15.7. The molecule has 2 aliphatic rings. The van der Waals surface area contributed by atoms with Crippen LogP contribution in [0.25, 0.3) is 0 Å². The third-order valence-electron chi connectivity index (χ3n) is 6.15. The van der Waals surface area contributed by atoms with Gasteiger partial charge in [-0.05, 0) is 31.6 Å². The van der Waals surface area contributed by atoms with Gasteiger partial charge in [-0.3, -0.25) is 14.4 Å². The summed E-state index contributed by atoms with van der Waals surface area (Å²) >= 11 is 0. The molecule has 190 valence electrons. The van der Waals surface area contributed by atoms with Crippen LogP contribution in [0.15, 0.2) is 0 Å². The lowest BCUT2D eigenvalue weighted by Crippen LogP contribution is -2.52. The second-order valence-electron chi connectivity index (χ2n) is 9.38. The van der Waals surface area contributed by atoms with Gasteiger partial charge >= 0.3 is 0 Å². The SMILES string of the molecule is CC(=O)N1CCN(C(=O)[C@@H]2CCC(=O)N2)CCCCOC[C@@H](O)[C@@H](O)[C@H](OCCC(C)C)C1. The third kappa shape index (κ3) is 9.19. The molecule has 2 fully saturated rings. The maximum atomic E-state index is 13.0. The van der Waals surface area contributed by atoms with Crippen molar-refractivity contribution in [1.29, 1.82) is 0 Å². The summed E-state index contributed by atoms with van der Waals surface area (Å²) < 4.78 is 11.4. The van der Waals surface area contributed by atoms with E-state index in [0.29, 0.717) is 57.9 Å². The number of carbonyl (C=O) groups is 3. The quantitative estimate of drug-likeness (QED) is 0.511. The standard InChI is InChI=1S/C23H41N3O7/c1-16(2)8-13-33-20-14-26(17(3)27)11-10-25(23(31)18-6-7-21(29)24-18)9-4-5-12-32-15-19(28)22(20)30/h16,18-20,22,28,30H,4-15H2,1-3H3,(H,24,29)/t18-,19+,20+,22+/m0/s1. The molecule has 2 aliphatic heterocycles. The molecule has 10 nitrogen and oxygen atoms in total. The predicted octanol–water partition coefficient (Wildman–Crippen LogP) is -0.0944. The summed E-state index contributed by atoms with van der Waals surface area (Å²) in [7, 11) is 0. The molecule has 10 heteroatoms. The maximum absolute atomic E-state index is 13.0. The van der Waals surface area contributed by atoms with Crippen LogP contribution < -0.4 is 5.32 Å². The van der Waals surface area contributed by atoms with E-state index in [4.69, 9.17) is 9.47 Å². The predicted molar refractivity (Wildman–Crippen MR) is 121 cm³/mol. The maximum Gasteiger partial charge on any atom is 0.245 e. The second-order valence-corrected chi connectivity index (χ2v) is 9.38. The number of hydrogen-bond acceptors (Lipinski definition) is 7. The molecule has 0 aromatic carbocycles. The number of aliphatic hydroxyl groups is 2. The van der Waals surface area contributed by atoms with Crippen molar-refractivity contribution in [2.24, 2.45) is 5.92 Å². The van der Waals surface area contributed by atoms with Crippen LogP contribution in [0.2, 0.25) is 0 Å². The summed E-state index contributed by atoms with van der Waals surface area (Å²) in [5, 5.41) is 23.8. The first kappa shape index (κ1) is 27.5. The van der Waals surface area contributed by atoms with Crippen molar-refractivity contribution >= 4 is 17.7 Å². The Hall–Kier alpha value is -1.75. The van der Waals surface area contributed by atoms with E-state index in [1.54, 1.807) is 4.90 Å². The van der Waals surface area contributed by atoms with Crippen molar-refractivity contribution < 1.29 is 34.1 Å². The van der Waals surface area contributed by atoms with E-state index < -0.39 is 24.4 Å². The highest BCUT2D eigenvalue weighted by atomic mass is 16.5. The average molecular weight is 472 g/mol. The smallest absolute Gasteiger partial charge is 0.245 e. The van der Waals surface area contributed by atoms with Gasteiger partial charge in [0.1, 0.15) is 24.4 Å². The summed E-state index contributed by atoms with van der Waals surface area (Å²) in [6.07, 6.45) is -0.168. The summed E-state index contributed by atoms with van der Waals surface area (Å²) in [5.41, 5.74) is 0. The Morgan fingerprint density at radius 3 is 2.55 bits per heavy atom. The van der Waals surface area contributed by atoms with Crippen molar-refractivity contribution in [2.45, 2.75) is 77.2 Å². The number of ether oxygens (including phenoxy) is 2. The Bertz CT molecular complexity index is 646. The summed E-state index contributed by atoms with van der Waals surface area (Å²) in [4.78, 5) is 40.2. The van der Waals surface area contributed by atoms with Crippen LogP contribution in [0, 0.1) is 5.92 Å². The van der Waals surface area contributed by atoms with E-state index in [-0.39, 0.29) is 37.4 Å². The molecule has 0 aliphatic carbocycles. The number of nitrogens with one attached hydrogen (secondary N) is 1. The lowest BCUT2D eigenvalue weighted by atomic mass is 10.1. The number of hydrogen-bond donors (Lipinski definition) is 3. The van der Waals surface area contributed by atoms with Crippen molar-refractivity contribution in [3.05, 3.63) is 0 Å². The Labute approximate surface area is 196 Å². The van der Waals surface area contributed by atoms with Gasteiger partial charge in [-0.25, -0.2) is 0 Å². The van der Waals surface area contributed by atoms with Crippen LogP contribution in [0.1, 0.15) is 52.9 Å². The van der Waals surface area contributed by atoms with Gasteiger partial charge in [0.15, 0.2) is 0 Å². The van der Waals surface area contributed by atoms with Crippen molar-refractivity contribution in [3.8, 4) is 0 Å². The molecule has 3 amide bonds. The second kappa shape index (κ2) is 13.8. The van der Waals surface area contributed by atoms with Gasteiger partial charge in [-0.15, -0.1) is 0 Å². The molecule has 0 bridgehead atoms. The van der Waals surface area contributed by atoms with Gasteiger partial charge in [0.25, 0.3) is 0 Å². The zero-order valence-corrected chi connectivity index (χ0v) is 20.2. The fraction of sp³-hybridized carbons (Fsp3) is 0.870. The average Bonchev–Trinajstić information content (AvgIpc) is 3.20. The molecule has 4 atom stereocenters. The van der Waals surface area contributed by atoms with E-state index in [1.165, 1.54) is 11.8 Å². The molecule has 0 radical (unpaired) electrons. The van der Waals surface area contributed by atoms with E-state index in [0.717, 1.165) is 6.42 Å². The summed E-state index contributed by atoms with van der Waals surface area (Å²) in [6, 6.07) is -0.525. The van der Waals surface area contributed by atoms with E-state index in [2.05, 4.69) is 19.2 Å². The van der Waals surface area contributed by atoms with Gasteiger partial charge < -0.3 is 34.8 Å². The van der Waals surface area contributed by atoms with Crippen molar-refractivity contribution in [2.75, 3.05) is 46.0 Å². The topological polar surface area (TPSA) is 129 Å². The molecule has 0 spiro atoms. The van der Waals surface area contributed by atoms with Gasteiger partial charge in [0.05, 0.1) is 6.61 Å². The number of nitrogens with zero attached hydrogens (tertiary/aromatic N) is 2. The van der Waals surface area contributed by atoms with Crippen LogP contribution in [-0.2, 0) is 23.9 Å². The minimum absolute atomic E-state index is 0.0397. The normalized spacial score (nSPS) is 28.5. The number of amides is 3. The van der Waals surface area contributed by atoms with Gasteiger partial charge in [0.2, 0.25) is 17.7 Å². The van der Waals surface area contributed by atoms with Gasteiger partial charge in [0, 0.05) is 52.7 Å². The largest absolute Gasteiger partial charge is 0.388 e. The number of rotatable bonds is 5. The summed E-state index contributed by atoms with van der Waals surface area (Å²) in [5.74, 6) is -0.0618. The van der Waals surface area contributed by atoms with Crippen molar-refractivity contribution in [1.82, 2.24) is 15.1 Å². The summed E-state index contributed by atoms with van der Waals surface area (Å²) in [6.45, 7) is 7.47. The highest BCUT2D eigenvalue weighted by Gasteiger charge is 2.33. The minimum Gasteiger partial charge on any atom is -0.388 e. The Balaban J connectivity index is 2.13. The zero-order valence-electron chi connectivity index (χ0n) is 20.2. The molecule has 3 N–H and O–H groups in total. The Morgan fingerprint density at radius 2 is 1.91 bits per heavy atom. The van der Waals surface area contributed by atoms with Crippen LogP contribution in [0.5, 0.6) is 0 Å². The number of aliphatic hydroxyl groups excluding tert-OH is 2. The molecule has 0 aromatic heterocycles. The van der Waals surface area contributed by atoms with Gasteiger partial charge in [-0.2, -0.15) is 0 Å². The molecule has 0 aromatic rings. The third-order valence-corrected chi connectivity index (χ3v) is 6.15. The van der Waals surface area contributed by atoms with E-state index in [9.17, 15) is 24.6 Å². The Kier molecular flexibility index (Phi) is 11.5. The molecule has 0 unspecified atom stereocenters. The Morgan fingerprint density at radius 1 is 1.18 bits per heavy atom. The molecule has 33 heavy (non-hydrogen) atoms. The number of carbonyl (C=O) groups excluding carboxylic acids is 3. The lowest BCUT2D eigenvalue weighted by molar-refractivity contribution is -0.142. The van der Waals surface area contributed by atoms with Crippen LogP contribution in [0.4, 0.5) is 0 Å². The monoisotopic (exact) mass is 471 g/mol. The molecular weight excluding hydrogens is 430 g/mol. The van der Waals surface area contributed by atoms with Crippen molar-refractivity contribution in [3.63, 3.8) is 0 Å².